The van der Waals surface area contributed by atoms with E-state index in [1.54, 1.807) is 0 Å². The first-order valence-corrected chi connectivity index (χ1v) is 32.7. The summed E-state index contributed by atoms with van der Waals surface area (Å²) in [5, 5.41) is 110. The highest BCUT2D eigenvalue weighted by Crippen LogP contribution is 2.53. The number of carboxylic acid groups (broad SMARTS) is 2. The van der Waals surface area contributed by atoms with Crippen molar-refractivity contribution >= 4 is 182 Å². The van der Waals surface area contributed by atoms with Crippen molar-refractivity contribution in [2.45, 2.75) is 39.2 Å². The van der Waals surface area contributed by atoms with Gasteiger partial charge in [-0.15, -0.1) is 58.9 Å². The van der Waals surface area contributed by atoms with E-state index in [1.165, 1.54) is 6.07 Å². The molecular formula is C44H31N11O29S8. The normalized spacial score (nSPS) is 12.9. The van der Waals surface area contributed by atoms with Gasteiger partial charge in [-0.3, -0.25) is 18.2 Å². The highest BCUT2D eigenvalue weighted by molar-refractivity contribution is 7.95. The summed E-state index contributed by atoms with van der Waals surface area (Å²) in [6.45, 7) is 0. The number of nitrogen functional groups attached to an aromatic ring is 1. The fourth-order valence-electron chi connectivity index (χ4n) is 8.24. The number of benzene rings is 8. The van der Waals surface area contributed by atoms with E-state index < -0.39 is 203 Å². The molecule has 0 spiro atoms. The van der Waals surface area contributed by atoms with Gasteiger partial charge in [0.25, 0.3) is 40.5 Å². The number of fused-ring (bicyclic) bond motifs is 3. The highest BCUT2D eigenvalue weighted by Gasteiger charge is 2.31. The van der Waals surface area contributed by atoms with Gasteiger partial charge < -0.3 is 31.3 Å². The number of carboxylic acids is 2. The molecular weight excluding hydrogens is 1400 g/mol. The second-order valence-corrected chi connectivity index (χ2v) is 26.7. The molecule has 8 aromatic carbocycles. The maximum absolute atomic E-state index is 13.3. The number of rotatable bonds is 24. The maximum Gasteiger partial charge on any atom is 0.338 e. The molecule has 0 unspecified atom stereocenters. The number of phenols is 3. The van der Waals surface area contributed by atoms with E-state index in [9.17, 15) is 95.4 Å². The van der Waals surface area contributed by atoms with E-state index in [1.807, 2.05) is 0 Å². The first kappa shape index (κ1) is 69.2. The van der Waals surface area contributed by atoms with Gasteiger partial charge in [0.15, 0.2) is 17.2 Å². The number of aromatic carboxylic acids is 2. The summed E-state index contributed by atoms with van der Waals surface area (Å²) in [6, 6.07) is 11.2. The van der Waals surface area contributed by atoms with Gasteiger partial charge in [-0.2, -0.15) is 39.6 Å². The molecule has 0 aliphatic heterocycles. The van der Waals surface area contributed by atoms with Crippen LogP contribution >= 0.6 is 36.1 Å². The number of primary sulfonamides is 1. The molecule has 8 rings (SSSR count). The zero-order valence-corrected chi connectivity index (χ0v) is 50.5. The van der Waals surface area contributed by atoms with E-state index in [0.29, 0.717) is 36.3 Å². The first-order chi connectivity index (χ1) is 43.0. The quantitative estimate of drug-likeness (QED) is 0.00669. The third-order valence-corrected chi connectivity index (χ3v) is 18.4. The van der Waals surface area contributed by atoms with E-state index >= 15 is 0 Å². The van der Waals surface area contributed by atoms with Crippen LogP contribution in [0.25, 0.3) is 32.3 Å². The van der Waals surface area contributed by atoms with E-state index in [-0.39, 0.29) is 34.7 Å². The SMILES string of the molecule is NOOSc1ccc(N=Nc2c(SOOO)cc3c(S(=O)(=O)O)c(N=Nc4c(SOOO)cc5c(S(=O)(=O)O)cc(N=Nc6ccc7c(O)c(N=Nc8ccc(S(N)(=O)=O)cc8C(=O)O)c(S(=O)(=O)O)cc7c6S(=O)(=O)O)c(N)c5c4O)ccc3c2O)c(C(=O)O)c1. The van der Waals surface area contributed by atoms with Crippen molar-refractivity contribution in [3.05, 3.63) is 96.1 Å². The van der Waals surface area contributed by atoms with Crippen molar-refractivity contribution in [3.8, 4) is 17.2 Å². The predicted octanol–water partition coefficient (Wildman–Crippen LogP) is 9.22. The summed E-state index contributed by atoms with van der Waals surface area (Å²) >= 11 is 0.475. The number of nitrogens with two attached hydrogens (primary N) is 3. The molecule has 92 heavy (non-hydrogen) atoms. The molecule has 0 saturated carbocycles. The second kappa shape index (κ2) is 26.9. The molecule has 0 saturated heterocycles. The summed E-state index contributed by atoms with van der Waals surface area (Å²) in [5.41, 5.74) is -2.42. The van der Waals surface area contributed by atoms with Crippen molar-refractivity contribution in [1.82, 2.24) is 0 Å². The molecule has 0 amide bonds. The first-order valence-electron chi connectivity index (χ1n) is 23.1. The van der Waals surface area contributed by atoms with E-state index in [4.69, 9.17) is 27.3 Å². The molecule has 484 valence electrons. The summed E-state index contributed by atoms with van der Waals surface area (Å²) in [5.74, 6) is -2.11. The van der Waals surface area contributed by atoms with Crippen LogP contribution < -0.4 is 16.8 Å². The van der Waals surface area contributed by atoms with Gasteiger partial charge in [0.05, 0.1) is 73.0 Å². The fourth-order valence-corrected chi connectivity index (χ4v) is 13.1. The number of sulfonamides is 1. The Morgan fingerprint density at radius 1 is 0.446 bits per heavy atom. The maximum atomic E-state index is 13.3. The largest absolute Gasteiger partial charge is 0.505 e. The lowest BCUT2D eigenvalue weighted by Crippen LogP contribution is -2.13. The minimum atomic E-state index is -5.74. The number of aromatic hydroxyl groups is 3. The molecule has 48 heteroatoms. The molecule has 40 nitrogen and oxygen atoms in total. The van der Waals surface area contributed by atoms with Gasteiger partial charge in [0.2, 0.25) is 10.0 Å². The van der Waals surface area contributed by atoms with Crippen LogP contribution in [0.15, 0.2) is 165 Å². The molecule has 8 aromatic rings. The lowest BCUT2D eigenvalue weighted by atomic mass is 10.0. The van der Waals surface area contributed by atoms with Gasteiger partial charge in [-0.1, -0.05) is 10.1 Å². The smallest absolute Gasteiger partial charge is 0.338 e. The number of nitrogens with zero attached hydrogens (tertiary/aromatic N) is 8. The number of phenolic OH excluding ortho intramolecular Hbond substituents is 3. The summed E-state index contributed by atoms with van der Waals surface area (Å²) in [4.78, 5) is 21.1. The second-order valence-electron chi connectivity index (χ2n) is 17.4. The zero-order chi connectivity index (χ0) is 67.7. The van der Waals surface area contributed by atoms with Crippen molar-refractivity contribution in [2.24, 2.45) is 51.9 Å². The lowest BCUT2D eigenvalue weighted by molar-refractivity contribution is -0.432. The van der Waals surface area contributed by atoms with Crippen LogP contribution in [0.2, 0.25) is 0 Å². The molecule has 0 fully saturated rings. The molecule has 0 atom stereocenters. The van der Waals surface area contributed by atoms with Gasteiger partial charge in [0.1, 0.15) is 65.1 Å². The van der Waals surface area contributed by atoms with Gasteiger partial charge in [0, 0.05) is 31.8 Å². The van der Waals surface area contributed by atoms with Crippen LogP contribution in [0.3, 0.4) is 0 Å². The molecule has 0 bridgehead atoms. The van der Waals surface area contributed by atoms with Crippen LogP contribution in [0.4, 0.5) is 51.2 Å². The Hall–Kier alpha value is -8.68. The standard InChI is InChI=1S/C44H31N11O29S8/c45-34-28(52-50-26-7-4-18-20(42(26)92(76,77)78)13-32(90(70,71)72)37(39(18)57)55-49-25-6-2-16(88(47,65)66)10-22(25)44(61)62)14-31(89(67,68)69)23-12-30(87-84-81-64)36(40(58)33(23)34)54-51-27-8-3-17-19(41(27)91(73,74)75)11-29(86-83-80-63)35(38(17)56)53-48-24-5-1-15(85-82-79-46)9-21(24)43(59)60/h1-14,56-58,63-64H,45-46H2,(H,59,60)(H,61,62)(H2,47,65,66)(H,67,68,69)(H,70,71,72)(H,73,74,75)(H,76,77,78). The Labute approximate surface area is 523 Å². The average Bonchev–Trinajstić information content (AvgIpc) is 0.755. The van der Waals surface area contributed by atoms with Crippen molar-refractivity contribution in [3.63, 3.8) is 0 Å². The van der Waals surface area contributed by atoms with Crippen LogP contribution in [0, 0.1) is 0 Å². The third-order valence-electron chi connectivity index (χ3n) is 12.0. The minimum absolute atomic E-state index is 0.0398. The number of carbonyl (C=O) groups is 2. The van der Waals surface area contributed by atoms with E-state index in [0.717, 1.165) is 54.6 Å². The van der Waals surface area contributed by atoms with Crippen LogP contribution in [0.5, 0.6) is 17.2 Å². The molecule has 0 aromatic heterocycles. The molecule has 0 radical (unpaired) electrons. The van der Waals surface area contributed by atoms with Gasteiger partial charge >= 0.3 is 11.9 Å². The van der Waals surface area contributed by atoms with Gasteiger partial charge in [-0.25, -0.2) is 33.7 Å². The topological polar surface area (TPSA) is 660 Å². The summed E-state index contributed by atoms with van der Waals surface area (Å²) in [7, 11) is -27.0. The summed E-state index contributed by atoms with van der Waals surface area (Å²) < 4.78 is 184. The Morgan fingerprint density at radius 3 is 1.37 bits per heavy atom. The van der Waals surface area contributed by atoms with Crippen LogP contribution in [-0.4, -0.2) is 108 Å². The fraction of sp³-hybridized carbons (Fsp3) is 0. The molecule has 0 aliphatic carbocycles. The van der Waals surface area contributed by atoms with Crippen molar-refractivity contribution in [1.29, 1.82) is 0 Å². The lowest BCUT2D eigenvalue weighted by Gasteiger charge is -2.15. The number of anilines is 1. The number of hydrogen-bond donors (Lipinski definition) is 14. The Kier molecular flexibility index (Phi) is 20.2. The Bertz CT molecular complexity index is 5180. The third kappa shape index (κ3) is 14.6. The molecule has 17 N–H and O–H groups in total. The van der Waals surface area contributed by atoms with E-state index in [2.05, 4.69) is 69.0 Å². The monoisotopic (exact) mass is 1430 g/mol. The van der Waals surface area contributed by atoms with Crippen LogP contribution in [0.1, 0.15) is 20.7 Å². The molecule has 0 heterocycles. The Balaban J connectivity index is 1.28. The minimum Gasteiger partial charge on any atom is -0.505 e. The van der Waals surface area contributed by atoms with Gasteiger partial charge in [-0.05, 0) is 84.9 Å². The van der Waals surface area contributed by atoms with Crippen molar-refractivity contribution in [2.75, 3.05) is 5.73 Å². The Morgan fingerprint density at radius 2 is 0.880 bits per heavy atom. The number of hydrogen-bond acceptors (Lipinski definition) is 36. The van der Waals surface area contributed by atoms with Crippen LogP contribution in [-0.2, 0) is 78.6 Å². The molecule has 0 aliphatic rings. The average molecular weight is 1430 g/mol. The van der Waals surface area contributed by atoms with Crippen molar-refractivity contribution < 1.29 is 134 Å². The zero-order valence-electron chi connectivity index (χ0n) is 43.9. The number of azo groups is 4. The predicted molar refractivity (Wildman–Crippen MR) is 309 cm³/mol. The highest BCUT2D eigenvalue weighted by atomic mass is 32.2. The summed E-state index contributed by atoms with van der Waals surface area (Å²) in [6.07, 6.45) is 0.